The summed E-state index contributed by atoms with van der Waals surface area (Å²) in [6.07, 6.45) is 0. The van der Waals surface area contributed by atoms with E-state index in [0.29, 0.717) is 18.7 Å². The van der Waals surface area contributed by atoms with Crippen LogP contribution < -0.4 is 4.74 Å². The third-order valence-corrected chi connectivity index (χ3v) is 3.81. The normalized spacial score (nSPS) is 22.4. The van der Waals surface area contributed by atoms with Crippen molar-refractivity contribution in [2.45, 2.75) is 13.5 Å². The fraction of sp³-hybridized carbons (Fsp3) is 0.467. The minimum atomic E-state index is -0.738. The molecule has 0 spiro atoms. The SMILES string of the molecule is COc1ccc(C#N)cc1CN1C[C@@H](C)[C@H](C(=O)O)C1. The van der Waals surface area contributed by atoms with Gasteiger partial charge >= 0.3 is 5.97 Å². The molecule has 2 atom stereocenters. The predicted molar refractivity (Wildman–Crippen MR) is 73.3 cm³/mol. The van der Waals surface area contributed by atoms with E-state index < -0.39 is 5.97 Å². The van der Waals surface area contributed by atoms with Gasteiger partial charge in [0, 0.05) is 25.2 Å². The van der Waals surface area contributed by atoms with Crippen LogP contribution in [0.4, 0.5) is 0 Å². The molecule has 0 saturated carbocycles. The van der Waals surface area contributed by atoms with E-state index in [-0.39, 0.29) is 11.8 Å². The Morgan fingerprint density at radius 2 is 2.30 bits per heavy atom. The topological polar surface area (TPSA) is 73.6 Å². The molecule has 1 aliphatic rings. The minimum Gasteiger partial charge on any atom is -0.496 e. The van der Waals surface area contributed by atoms with Crippen molar-refractivity contribution in [3.63, 3.8) is 0 Å². The summed E-state index contributed by atoms with van der Waals surface area (Å²) in [6, 6.07) is 7.41. The molecule has 0 aromatic heterocycles. The Bertz CT molecular complexity index is 551. The minimum absolute atomic E-state index is 0.137. The number of rotatable bonds is 4. The maximum Gasteiger partial charge on any atom is 0.308 e. The average molecular weight is 274 g/mol. The van der Waals surface area contributed by atoms with Gasteiger partial charge in [0.2, 0.25) is 0 Å². The molecule has 106 valence electrons. The van der Waals surface area contributed by atoms with Crippen molar-refractivity contribution in [2.24, 2.45) is 11.8 Å². The Balaban J connectivity index is 2.15. The van der Waals surface area contributed by atoms with Gasteiger partial charge in [0.1, 0.15) is 5.75 Å². The second-order valence-electron chi connectivity index (χ2n) is 5.25. The Labute approximate surface area is 118 Å². The molecule has 0 bridgehead atoms. The van der Waals surface area contributed by atoms with Crippen molar-refractivity contribution in [1.29, 1.82) is 5.26 Å². The smallest absolute Gasteiger partial charge is 0.308 e. The van der Waals surface area contributed by atoms with Crippen LogP contribution in [0, 0.1) is 23.2 Å². The van der Waals surface area contributed by atoms with Crippen molar-refractivity contribution in [3.8, 4) is 11.8 Å². The summed E-state index contributed by atoms with van der Waals surface area (Å²) in [4.78, 5) is 13.2. The standard InChI is InChI=1S/C15H18N2O3/c1-10-7-17(9-13(10)15(18)19)8-12-5-11(6-16)3-4-14(12)20-2/h3-5,10,13H,7-9H2,1-2H3,(H,18,19)/t10-,13-/m1/s1. The number of ether oxygens (including phenoxy) is 1. The molecular formula is C15H18N2O3. The number of nitriles is 1. The summed E-state index contributed by atoms with van der Waals surface area (Å²) < 4.78 is 5.30. The molecule has 1 fully saturated rings. The van der Waals surface area contributed by atoms with E-state index in [9.17, 15) is 4.79 Å². The van der Waals surface area contributed by atoms with Crippen LogP contribution in [-0.4, -0.2) is 36.2 Å². The third-order valence-electron chi connectivity index (χ3n) is 3.81. The van der Waals surface area contributed by atoms with Crippen molar-refractivity contribution in [1.82, 2.24) is 4.90 Å². The highest BCUT2D eigenvalue weighted by Crippen LogP contribution is 2.27. The number of methoxy groups -OCH3 is 1. The maximum atomic E-state index is 11.1. The molecule has 1 aromatic rings. The number of likely N-dealkylation sites (tertiary alicyclic amines) is 1. The molecule has 1 heterocycles. The van der Waals surface area contributed by atoms with Gasteiger partial charge in [-0.05, 0) is 24.1 Å². The van der Waals surface area contributed by atoms with Gasteiger partial charge in [-0.15, -0.1) is 0 Å². The lowest BCUT2D eigenvalue weighted by atomic mass is 9.99. The molecule has 0 unspecified atom stereocenters. The number of benzene rings is 1. The van der Waals surface area contributed by atoms with Crippen LogP contribution in [0.2, 0.25) is 0 Å². The van der Waals surface area contributed by atoms with Crippen molar-refractivity contribution in [3.05, 3.63) is 29.3 Å². The molecule has 0 aliphatic carbocycles. The molecule has 1 saturated heterocycles. The maximum absolute atomic E-state index is 11.1. The lowest BCUT2D eigenvalue weighted by Crippen LogP contribution is -2.23. The van der Waals surface area contributed by atoms with Gasteiger partial charge in [-0.1, -0.05) is 6.92 Å². The molecule has 1 aliphatic heterocycles. The Kier molecular flexibility index (Phi) is 4.26. The largest absolute Gasteiger partial charge is 0.496 e. The van der Waals surface area contributed by atoms with Gasteiger partial charge in [-0.25, -0.2) is 0 Å². The highest BCUT2D eigenvalue weighted by Gasteiger charge is 2.34. The van der Waals surface area contributed by atoms with E-state index in [4.69, 9.17) is 15.1 Å². The summed E-state index contributed by atoms with van der Waals surface area (Å²) in [7, 11) is 1.59. The number of nitrogens with zero attached hydrogens (tertiary/aromatic N) is 2. The van der Waals surface area contributed by atoms with Gasteiger partial charge in [-0.3, -0.25) is 9.69 Å². The van der Waals surface area contributed by atoms with Gasteiger partial charge in [0.05, 0.1) is 24.7 Å². The summed E-state index contributed by atoms with van der Waals surface area (Å²) in [5.41, 5.74) is 1.51. The Hall–Kier alpha value is -2.06. The number of aliphatic carboxylic acids is 1. The fourth-order valence-corrected chi connectivity index (χ4v) is 2.73. The van der Waals surface area contributed by atoms with Gasteiger partial charge in [0.15, 0.2) is 0 Å². The highest BCUT2D eigenvalue weighted by atomic mass is 16.5. The molecule has 0 radical (unpaired) electrons. The lowest BCUT2D eigenvalue weighted by molar-refractivity contribution is -0.142. The van der Waals surface area contributed by atoms with Crippen LogP contribution in [0.1, 0.15) is 18.1 Å². The number of carboxylic acid groups (broad SMARTS) is 1. The summed E-state index contributed by atoms with van der Waals surface area (Å²) in [5, 5.41) is 18.1. The van der Waals surface area contributed by atoms with E-state index in [1.54, 1.807) is 25.3 Å². The predicted octanol–water partition coefficient (Wildman–Crippen LogP) is 1.72. The fourth-order valence-electron chi connectivity index (χ4n) is 2.73. The van der Waals surface area contributed by atoms with Crippen LogP contribution in [0.15, 0.2) is 18.2 Å². The second kappa shape index (κ2) is 5.93. The number of carboxylic acids is 1. The zero-order chi connectivity index (χ0) is 14.7. The zero-order valence-corrected chi connectivity index (χ0v) is 11.7. The number of hydrogen-bond acceptors (Lipinski definition) is 4. The molecule has 5 nitrogen and oxygen atoms in total. The summed E-state index contributed by atoms with van der Waals surface area (Å²) in [5.74, 6) is -0.189. The molecule has 2 rings (SSSR count). The van der Waals surface area contributed by atoms with Crippen molar-refractivity contribution >= 4 is 5.97 Å². The van der Waals surface area contributed by atoms with Gasteiger partial charge in [-0.2, -0.15) is 5.26 Å². The Morgan fingerprint density at radius 3 is 2.85 bits per heavy atom. The van der Waals surface area contributed by atoms with Crippen LogP contribution in [-0.2, 0) is 11.3 Å². The summed E-state index contributed by atoms with van der Waals surface area (Å²) in [6.45, 7) is 3.85. The molecule has 5 heteroatoms. The first-order chi connectivity index (χ1) is 9.55. The van der Waals surface area contributed by atoms with Crippen LogP contribution in [0.25, 0.3) is 0 Å². The monoisotopic (exact) mass is 274 g/mol. The highest BCUT2D eigenvalue weighted by molar-refractivity contribution is 5.71. The summed E-state index contributed by atoms with van der Waals surface area (Å²) >= 11 is 0. The Morgan fingerprint density at radius 1 is 1.55 bits per heavy atom. The molecule has 1 aromatic carbocycles. The van der Waals surface area contributed by atoms with E-state index in [0.717, 1.165) is 17.9 Å². The number of carbonyl (C=O) groups is 1. The first-order valence-corrected chi connectivity index (χ1v) is 6.57. The van der Waals surface area contributed by atoms with Crippen molar-refractivity contribution < 1.29 is 14.6 Å². The van der Waals surface area contributed by atoms with E-state index in [1.165, 1.54) is 0 Å². The second-order valence-corrected chi connectivity index (χ2v) is 5.25. The quantitative estimate of drug-likeness (QED) is 0.905. The van der Waals surface area contributed by atoms with E-state index >= 15 is 0 Å². The van der Waals surface area contributed by atoms with Crippen LogP contribution >= 0.6 is 0 Å². The van der Waals surface area contributed by atoms with Crippen molar-refractivity contribution in [2.75, 3.05) is 20.2 Å². The number of hydrogen-bond donors (Lipinski definition) is 1. The van der Waals surface area contributed by atoms with E-state index in [1.807, 2.05) is 6.92 Å². The first kappa shape index (κ1) is 14.4. The third kappa shape index (κ3) is 2.91. The molecule has 1 N–H and O–H groups in total. The lowest BCUT2D eigenvalue weighted by Gasteiger charge is -2.17. The molecule has 20 heavy (non-hydrogen) atoms. The van der Waals surface area contributed by atoms with Crippen LogP contribution in [0.5, 0.6) is 5.75 Å². The van der Waals surface area contributed by atoms with Crippen LogP contribution in [0.3, 0.4) is 0 Å². The first-order valence-electron chi connectivity index (χ1n) is 6.57. The molecular weight excluding hydrogens is 256 g/mol. The zero-order valence-electron chi connectivity index (χ0n) is 11.7. The van der Waals surface area contributed by atoms with Gasteiger partial charge < -0.3 is 9.84 Å². The van der Waals surface area contributed by atoms with Gasteiger partial charge in [0.25, 0.3) is 0 Å². The average Bonchev–Trinajstić information content (AvgIpc) is 2.79. The van der Waals surface area contributed by atoms with E-state index in [2.05, 4.69) is 11.0 Å². The molecule has 0 amide bonds.